The Balaban J connectivity index is 1.75. The molecule has 0 bridgehead atoms. The molecule has 2 aromatic rings. The van der Waals surface area contributed by atoms with E-state index in [9.17, 15) is 8.42 Å². The van der Waals surface area contributed by atoms with E-state index < -0.39 is 10.0 Å². The Bertz CT molecular complexity index is 942. The Kier molecular flexibility index (Phi) is 4.53. The summed E-state index contributed by atoms with van der Waals surface area (Å²) in [6.07, 6.45) is 1.55. The lowest BCUT2D eigenvalue weighted by molar-refractivity contribution is 0.0175. The molecule has 1 fully saturated rings. The Morgan fingerprint density at radius 1 is 1.11 bits per heavy atom. The van der Waals surface area contributed by atoms with Crippen LogP contribution in [0, 0.1) is 6.92 Å². The highest BCUT2D eigenvalue weighted by molar-refractivity contribution is 7.89. The number of para-hydroxylation sites is 1. The van der Waals surface area contributed by atoms with Gasteiger partial charge < -0.3 is 9.64 Å². The Morgan fingerprint density at radius 2 is 1.81 bits per heavy atom. The van der Waals surface area contributed by atoms with Crippen LogP contribution in [0.4, 0.5) is 5.69 Å². The van der Waals surface area contributed by atoms with Crippen molar-refractivity contribution in [1.29, 1.82) is 0 Å². The molecule has 2 aromatic carbocycles. The first-order chi connectivity index (χ1) is 12.9. The first-order valence-corrected chi connectivity index (χ1v) is 10.8. The molecular weight excluding hydrogens is 360 g/mol. The lowest BCUT2D eigenvalue weighted by Gasteiger charge is -2.44. The maximum Gasteiger partial charge on any atom is 0.243 e. The van der Waals surface area contributed by atoms with Gasteiger partial charge in [0, 0.05) is 32.9 Å². The number of aryl methyl sites for hydroxylation is 1. The summed E-state index contributed by atoms with van der Waals surface area (Å²) in [6.45, 7) is 2.93. The summed E-state index contributed by atoms with van der Waals surface area (Å²) in [7, 11) is 0.199. The molecule has 27 heavy (non-hydrogen) atoms. The average Bonchev–Trinajstić information content (AvgIpc) is 2.90. The molecule has 0 aromatic heterocycles. The Labute approximate surface area is 161 Å². The molecule has 2 unspecified atom stereocenters. The molecule has 4 rings (SSSR count). The Hall–Kier alpha value is -1.89. The zero-order chi connectivity index (χ0) is 19.2. The largest absolute Gasteiger partial charge is 0.361 e. The number of methoxy groups -OCH3 is 1. The fourth-order valence-corrected chi connectivity index (χ4v) is 6.29. The molecule has 2 aliphatic heterocycles. The van der Waals surface area contributed by atoms with Crippen molar-refractivity contribution < 1.29 is 13.2 Å². The minimum Gasteiger partial charge on any atom is -0.361 e. The van der Waals surface area contributed by atoms with E-state index in [0.29, 0.717) is 18.0 Å². The minimum absolute atomic E-state index is 0.175. The summed E-state index contributed by atoms with van der Waals surface area (Å²) in [6, 6.07) is 15.4. The smallest absolute Gasteiger partial charge is 0.243 e. The second kappa shape index (κ2) is 6.62. The second-order valence-electron chi connectivity index (χ2n) is 7.63. The third-order valence-electron chi connectivity index (χ3n) is 6.02. The Morgan fingerprint density at radius 3 is 2.52 bits per heavy atom. The molecule has 0 saturated carbocycles. The molecular formula is C21H26N2O3S. The normalized spacial score (nSPS) is 25.7. The van der Waals surface area contributed by atoms with E-state index in [1.807, 2.05) is 38.2 Å². The van der Waals surface area contributed by atoms with E-state index in [4.69, 9.17) is 4.74 Å². The van der Waals surface area contributed by atoms with Gasteiger partial charge in [0.05, 0.1) is 10.3 Å². The van der Waals surface area contributed by atoms with E-state index in [-0.39, 0.29) is 11.6 Å². The van der Waals surface area contributed by atoms with Crippen LogP contribution >= 0.6 is 0 Å². The van der Waals surface area contributed by atoms with E-state index >= 15 is 0 Å². The van der Waals surface area contributed by atoms with Crippen LogP contribution in [-0.4, -0.2) is 46.2 Å². The van der Waals surface area contributed by atoms with Crippen LogP contribution in [-0.2, 0) is 20.2 Å². The predicted octanol–water partition coefficient (Wildman–Crippen LogP) is 3.14. The summed E-state index contributed by atoms with van der Waals surface area (Å²) in [4.78, 5) is 2.50. The SMILES string of the molecule is COC1N(C)c2ccccc2C12CCCN(S(=O)(=O)c1ccc(C)cc1)C2. The van der Waals surface area contributed by atoms with Gasteiger partial charge in [-0.2, -0.15) is 4.31 Å². The highest BCUT2D eigenvalue weighted by Crippen LogP contribution is 2.50. The molecule has 2 atom stereocenters. The summed E-state index contributed by atoms with van der Waals surface area (Å²) < 4.78 is 34.1. The summed E-state index contributed by atoms with van der Waals surface area (Å²) in [5.74, 6) is 0. The molecule has 0 radical (unpaired) electrons. The fourth-order valence-electron chi connectivity index (χ4n) is 4.75. The second-order valence-corrected chi connectivity index (χ2v) is 9.57. The molecule has 144 valence electrons. The number of anilines is 1. The molecule has 0 N–H and O–H groups in total. The van der Waals surface area contributed by atoms with Crippen molar-refractivity contribution in [2.24, 2.45) is 0 Å². The maximum atomic E-state index is 13.3. The average molecular weight is 387 g/mol. The van der Waals surface area contributed by atoms with Crippen LogP contribution in [0.5, 0.6) is 0 Å². The third-order valence-corrected chi connectivity index (χ3v) is 7.88. The van der Waals surface area contributed by atoms with E-state index in [2.05, 4.69) is 17.0 Å². The first kappa shape index (κ1) is 18.5. The number of hydrogen-bond donors (Lipinski definition) is 0. The molecule has 2 aliphatic rings. The number of rotatable bonds is 3. The van der Waals surface area contributed by atoms with Gasteiger partial charge >= 0.3 is 0 Å². The lowest BCUT2D eigenvalue weighted by Crippen LogP contribution is -2.55. The molecule has 0 amide bonds. The van der Waals surface area contributed by atoms with Crippen molar-refractivity contribution in [3.05, 3.63) is 59.7 Å². The molecule has 6 heteroatoms. The van der Waals surface area contributed by atoms with Crippen LogP contribution in [0.1, 0.15) is 24.0 Å². The number of sulfonamides is 1. The van der Waals surface area contributed by atoms with Crippen molar-refractivity contribution in [3.8, 4) is 0 Å². The number of ether oxygens (including phenoxy) is 1. The van der Waals surface area contributed by atoms with Gasteiger partial charge in [0.2, 0.25) is 10.0 Å². The van der Waals surface area contributed by atoms with Gasteiger partial charge in [0.15, 0.2) is 0 Å². The van der Waals surface area contributed by atoms with Crippen LogP contribution in [0.2, 0.25) is 0 Å². The van der Waals surface area contributed by atoms with Gasteiger partial charge in [-0.15, -0.1) is 0 Å². The van der Waals surface area contributed by atoms with Gasteiger partial charge in [0.25, 0.3) is 0 Å². The number of benzene rings is 2. The minimum atomic E-state index is -3.53. The number of hydrogen-bond acceptors (Lipinski definition) is 4. The van der Waals surface area contributed by atoms with Gasteiger partial charge in [-0.25, -0.2) is 8.42 Å². The number of fused-ring (bicyclic) bond motifs is 2. The number of likely N-dealkylation sites (N-methyl/N-ethyl adjacent to an activating group) is 1. The van der Waals surface area contributed by atoms with Crippen LogP contribution < -0.4 is 4.90 Å². The van der Waals surface area contributed by atoms with Crippen molar-refractivity contribution in [1.82, 2.24) is 4.31 Å². The van der Waals surface area contributed by atoms with Gasteiger partial charge in [-0.05, 0) is 43.5 Å². The maximum absolute atomic E-state index is 13.3. The van der Waals surface area contributed by atoms with Gasteiger partial charge in [-0.3, -0.25) is 0 Å². The van der Waals surface area contributed by atoms with Crippen LogP contribution in [0.25, 0.3) is 0 Å². The summed E-state index contributed by atoms with van der Waals surface area (Å²) in [5.41, 5.74) is 3.01. The fraction of sp³-hybridized carbons (Fsp3) is 0.429. The quantitative estimate of drug-likeness (QED) is 0.813. The first-order valence-electron chi connectivity index (χ1n) is 9.32. The monoisotopic (exact) mass is 386 g/mol. The van der Waals surface area contributed by atoms with E-state index in [1.165, 1.54) is 5.56 Å². The van der Waals surface area contributed by atoms with E-state index in [1.54, 1.807) is 23.5 Å². The van der Waals surface area contributed by atoms with Gasteiger partial charge in [-0.1, -0.05) is 35.9 Å². The van der Waals surface area contributed by atoms with Crippen molar-refractivity contribution in [2.75, 3.05) is 32.1 Å². The van der Waals surface area contributed by atoms with Crippen LogP contribution in [0.3, 0.4) is 0 Å². The van der Waals surface area contributed by atoms with Crippen molar-refractivity contribution in [3.63, 3.8) is 0 Å². The topological polar surface area (TPSA) is 49.9 Å². The highest BCUT2D eigenvalue weighted by atomic mass is 32.2. The molecule has 1 spiro atoms. The standard InChI is InChI=1S/C21H26N2O3S/c1-16-9-11-17(12-10-16)27(24,25)23-14-6-13-21(15-23)18-7-4-5-8-19(18)22(2)20(21)26-3/h4-5,7-12,20H,6,13-15H2,1-3H3. The zero-order valence-electron chi connectivity index (χ0n) is 16.1. The zero-order valence-corrected chi connectivity index (χ0v) is 16.9. The van der Waals surface area contributed by atoms with E-state index in [0.717, 1.165) is 24.1 Å². The summed E-state index contributed by atoms with van der Waals surface area (Å²) in [5, 5.41) is 0. The van der Waals surface area contributed by atoms with Crippen LogP contribution in [0.15, 0.2) is 53.4 Å². The van der Waals surface area contributed by atoms with Crippen molar-refractivity contribution in [2.45, 2.75) is 36.3 Å². The van der Waals surface area contributed by atoms with Crippen molar-refractivity contribution >= 4 is 15.7 Å². The predicted molar refractivity (Wildman–Crippen MR) is 106 cm³/mol. The molecule has 5 nitrogen and oxygen atoms in total. The molecule has 2 heterocycles. The number of piperidine rings is 1. The lowest BCUT2D eigenvalue weighted by atomic mass is 9.75. The van der Waals surface area contributed by atoms with Gasteiger partial charge in [0.1, 0.15) is 6.23 Å². The third kappa shape index (κ3) is 2.78. The molecule has 0 aliphatic carbocycles. The molecule has 1 saturated heterocycles. The number of nitrogens with zero attached hydrogens (tertiary/aromatic N) is 2. The highest BCUT2D eigenvalue weighted by Gasteiger charge is 2.53. The summed E-state index contributed by atoms with van der Waals surface area (Å²) >= 11 is 0.